The Kier molecular flexibility index (Phi) is 6.05. The Bertz CT molecular complexity index is 966. The van der Waals surface area contributed by atoms with E-state index in [4.69, 9.17) is 21.1 Å². The molecule has 146 valence electrons. The first-order chi connectivity index (χ1) is 13.4. The highest BCUT2D eigenvalue weighted by Gasteiger charge is 2.29. The van der Waals surface area contributed by atoms with Crippen molar-refractivity contribution in [3.63, 3.8) is 0 Å². The number of ether oxygens (including phenoxy) is 2. The highest BCUT2D eigenvalue weighted by atomic mass is 35.5. The fourth-order valence-corrected chi connectivity index (χ4v) is 3.02. The van der Waals surface area contributed by atoms with Crippen LogP contribution in [0, 0.1) is 6.92 Å². The van der Waals surface area contributed by atoms with Crippen molar-refractivity contribution in [3.05, 3.63) is 58.1 Å². The molecule has 1 aliphatic heterocycles. The summed E-state index contributed by atoms with van der Waals surface area (Å²) in [5.41, 5.74) is 3.60. The molecule has 2 aromatic rings. The van der Waals surface area contributed by atoms with Crippen molar-refractivity contribution in [2.45, 2.75) is 27.2 Å². The first-order valence-corrected chi connectivity index (χ1v) is 9.51. The fraction of sp³-hybridized carbons (Fsp3) is 0.273. The zero-order valence-corrected chi connectivity index (χ0v) is 17.2. The molecule has 0 aromatic heterocycles. The number of hydrazone groups is 1. The van der Waals surface area contributed by atoms with Crippen LogP contribution in [-0.2, 0) is 4.79 Å². The normalized spacial score (nSPS) is 15.2. The van der Waals surface area contributed by atoms with E-state index < -0.39 is 0 Å². The number of benzene rings is 2. The van der Waals surface area contributed by atoms with Gasteiger partial charge in [-0.2, -0.15) is 10.1 Å². The Hall–Kier alpha value is -2.79. The minimum Gasteiger partial charge on any atom is -0.493 e. The van der Waals surface area contributed by atoms with Gasteiger partial charge in [-0.3, -0.25) is 4.79 Å². The monoisotopic (exact) mass is 398 g/mol. The Morgan fingerprint density at radius 2 is 1.93 bits per heavy atom. The van der Waals surface area contributed by atoms with E-state index in [0.29, 0.717) is 40.1 Å². The lowest BCUT2D eigenvalue weighted by atomic mass is 10.1. The van der Waals surface area contributed by atoms with Crippen LogP contribution in [0.4, 0.5) is 5.69 Å². The maximum Gasteiger partial charge on any atom is 0.280 e. The first-order valence-electron chi connectivity index (χ1n) is 9.13. The summed E-state index contributed by atoms with van der Waals surface area (Å²) in [5, 5.41) is 6.38. The summed E-state index contributed by atoms with van der Waals surface area (Å²) >= 11 is 6.20. The molecule has 3 rings (SSSR count). The smallest absolute Gasteiger partial charge is 0.280 e. The molecular weight excluding hydrogens is 376 g/mol. The number of carbonyl (C=O) groups is 1. The van der Waals surface area contributed by atoms with E-state index >= 15 is 0 Å². The lowest BCUT2D eigenvalue weighted by Gasteiger charge is -2.13. The number of halogens is 1. The van der Waals surface area contributed by atoms with Crippen LogP contribution in [-0.4, -0.2) is 25.3 Å². The van der Waals surface area contributed by atoms with Gasteiger partial charge in [0.15, 0.2) is 11.5 Å². The molecule has 0 radical (unpaired) electrons. The Labute approximate surface area is 170 Å². The summed E-state index contributed by atoms with van der Waals surface area (Å²) < 4.78 is 11.1. The van der Waals surface area contributed by atoms with E-state index in [0.717, 1.165) is 17.5 Å². The van der Waals surface area contributed by atoms with Gasteiger partial charge in [-0.15, -0.1) is 0 Å². The van der Waals surface area contributed by atoms with Crippen LogP contribution in [0.25, 0.3) is 6.08 Å². The second kappa shape index (κ2) is 8.48. The molecule has 1 amide bonds. The van der Waals surface area contributed by atoms with Crippen LogP contribution < -0.4 is 14.5 Å². The molecule has 1 heterocycles. The van der Waals surface area contributed by atoms with Crippen molar-refractivity contribution in [2.24, 2.45) is 5.10 Å². The minimum atomic E-state index is -0.192. The summed E-state index contributed by atoms with van der Waals surface area (Å²) in [6, 6.07) is 11.1. The van der Waals surface area contributed by atoms with Crippen molar-refractivity contribution >= 4 is 35.0 Å². The van der Waals surface area contributed by atoms with Crippen molar-refractivity contribution in [3.8, 4) is 11.5 Å². The maximum absolute atomic E-state index is 12.9. The molecule has 0 atom stereocenters. The number of nitrogens with zero attached hydrogens (tertiary/aromatic N) is 2. The van der Waals surface area contributed by atoms with Gasteiger partial charge in [-0.1, -0.05) is 30.7 Å². The average molecular weight is 399 g/mol. The molecule has 0 aliphatic carbocycles. The van der Waals surface area contributed by atoms with Crippen molar-refractivity contribution in [2.75, 3.05) is 18.7 Å². The first kappa shape index (κ1) is 20.0. The lowest BCUT2D eigenvalue weighted by molar-refractivity contribution is -0.114. The lowest BCUT2D eigenvalue weighted by Crippen LogP contribution is -2.21. The van der Waals surface area contributed by atoms with Gasteiger partial charge < -0.3 is 9.47 Å². The van der Waals surface area contributed by atoms with Crippen molar-refractivity contribution < 1.29 is 14.3 Å². The van der Waals surface area contributed by atoms with E-state index in [1.165, 1.54) is 5.01 Å². The number of amides is 1. The van der Waals surface area contributed by atoms with Gasteiger partial charge in [0.1, 0.15) is 0 Å². The molecule has 5 nitrogen and oxygen atoms in total. The molecule has 0 bridgehead atoms. The van der Waals surface area contributed by atoms with Crippen molar-refractivity contribution in [1.29, 1.82) is 0 Å². The van der Waals surface area contributed by atoms with Crippen LogP contribution in [0.2, 0.25) is 5.02 Å². The second-order valence-corrected chi connectivity index (χ2v) is 6.96. The summed E-state index contributed by atoms with van der Waals surface area (Å²) in [4.78, 5) is 12.9. The van der Waals surface area contributed by atoms with Crippen LogP contribution in [0.15, 0.2) is 47.1 Å². The molecular formula is C22H23ClN2O3. The number of aryl methyl sites for hydroxylation is 1. The molecule has 0 N–H and O–H groups in total. The van der Waals surface area contributed by atoms with Gasteiger partial charge in [-0.25, -0.2) is 0 Å². The Balaban J connectivity index is 1.89. The molecule has 0 saturated carbocycles. The van der Waals surface area contributed by atoms with Gasteiger partial charge in [0.2, 0.25) is 0 Å². The molecule has 28 heavy (non-hydrogen) atoms. The fourth-order valence-electron chi connectivity index (χ4n) is 2.84. The average Bonchev–Trinajstić information content (AvgIpc) is 2.97. The molecule has 1 aliphatic rings. The maximum atomic E-state index is 12.9. The molecule has 2 aromatic carbocycles. The summed E-state index contributed by atoms with van der Waals surface area (Å²) in [7, 11) is 1.60. The van der Waals surface area contributed by atoms with Gasteiger partial charge in [0.05, 0.1) is 30.7 Å². The SMILES string of the molecule is CCCOc1ccc(C=C2C(=O)N(c3ccc(C)c(Cl)c3)N=C2C)cc1OC. The zero-order chi connectivity index (χ0) is 20.3. The van der Waals surface area contributed by atoms with Gasteiger partial charge in [0, 0.05) is 5.02 Å². The van der Waals surface area contributed by atoms with E-state index in [9.17, 15) is 4.79 Å². The minimum absolute atomic E-state index is 0.192. The van der Waals surface area contributed by atoms with E-state index in [1.54, 1.807) is 13.2 Å². The second-order valence-electron chi connectivity index (χ2n) is 6.55. The van der Waals surface area contributed by atoms with Crippen molar-refractivity contribution in [1.82, 2.24) is 0 Å². The van der Waals surface area contributed by atoms with E-state index in [2.05, 4.69) is 5.10 Å². The van der Waals surface area contributed by atoms with Crippen LogP contribution in [0.3, 0.4) is 0 Å². The highest BCUT2D eigenvalue weighted by Crippen LogP contribution is 2.31. The zero-order valence-electron chi connectivity index (χ0n) is 16.5. The predicted molar refractivity (Wildman–Crippen MR) is 114 cm³/mol. The van der Waals surface area contributed by atoms with Crippen LogP contribution in [0.1, 0.15) is 31.4 Å². The highest BCUT2D eigenvalue weighted by molar-refractivity contribution is 6.33. The van der Waals surface area contributed by atoms with Crippen LogP contribution in [0.5, 0.6) is 11.5 Å². The molecule has 0 unspecified atom stereocenters. The van der Waals surface area contributed by atoms with Gasteiger partial charge >= 0.3 is 0 Å². The third-order valence-electron chi connectivity index (χ3n) is 4.42. The number of hydrogen-bond donors (Lipinski definition) is 0. The Morgan fingerprint density at radius 1 is 1.14 bits per heavy atom. The summed E-state index contributed by atoms with van der Waals surface area (Å²) in [6.45, 7) is 6.40. The number of rotatable bonds is 6. The summed E-state index contributed by atoms with van der Waals surface area (Å²) in [5.74, 6) is 1.12. The number of carbonyl (C=O) groups excluding carboxylic acids is 1. The predicted octanol–water partition coefficient (Wildman–Crippen LogP) is 5.25. The van der Waals surface area contributed by atoms with E-state index in [-0.39, 0.29) is 5.91 Å². The third kappa shape index (κ3) is 4.04. The molecule has 6 heteroatoms. The number of anilines is 1. The van der Waals surface area contributed by atoms with E-state index in [1.807, 2.05) is 57.2 Å². The summed E-state index contributed by atoms with van der Waals surface area (Å²) in [6.07, 6.45) is 2.72. The molecule has 0 spiro atoms. The quantitative estimate of drug-likeness (QED) is 0.624. The third-order valence-corrected chi connectivity index (χ3v) is 4.83. The largest absolute Gasteiger partial charge is 0.493 e. The standard InChI is InChI=1S/C22H23ClN2O3/c1-5-10-28-20-9-7-16(12-21(20)27-4)11-18-15(3)24-25(22(18)26)17-8-6-14(2)19(23)13-17/h6-9,11-13H,5,10H2,1-4H3. The molecule has 0 saturated heterocycles. The van der Waals surface area contributed by atoms with Crippen LogP contribution >= 0.6 is 11.6 Å². The van der Waals surface area contributed by atoms with Gasteiger partial charge in [-0.05, 0) is 61.7 Å². The van der Waals surface area contributed by atoms with Gasteiger partial charge in [0.25, 0.3) is 5.91 Å². The topological polar surface area (TPSA) is 51.1 Å². The Morgan fingerprint density at radius 3 is 2.61 bits per heavy atom. The number of methoxy groups -OCH3 is 1. The molecule has 0 fully saturated rings. The number of hydrogen-bond acceptors (Lipinski definition) is 4.